The van der Waals surface area contributed by atoms with Crippen LogP contribution in [0.3, 0.4) is 0 Å². The maximum atomic E-state index is 11.9. The lowest BCUT2D eigenvalue weighted by molar-refractivity contribution is -0.274. The Balaban J connectivity index is 2.40. The number of hydrogen-bond acceptors (Lipinski definition) is 4. The second-order valence-corrected chi connectivity index (χ2v) is 3.61. The van der Waals surface area contributed by atoms with Crippen LogP contribution in [0.2, 0.25) is 0 Å². The number of carbonyl (C=O) groups excluding carboxylic acids is 1. The van der Waals surface area contributed by atoms with Gasteiger partial charge < -0.3 is 14.8 Å². The van der Waals surface area contributed by atoms with E-state index >= 15 is 0 Å². The zero-order chi connectivity index (χ0) is 15.0. The van der Waals surface area contributed by atoms with Crippen molar-refractivity contribution in [3.05, 3.63) is 36.4 Å². The molecule has 4 nitrogen and oxygen atoms in total. The van der Waals surface area contributed by atoms with E-state index in [1.807, 2.05) is 0 Å². The molecule has 20 heavy (non-hydrogen) atoms. The molecule has 1 aromatic carbocycles. The van der Waals surface area contributed by atoms with Crippen LogP contribution in [-0.2, 0) is 9.53 Å². The monoisotopic (exact) mass is 289 g/mol. The van der Waals surface area contributed by atoms with E-state index in [4.69, 9.17) is 0 Å². The summed E-state index contributed by atoms with van der Waals surface area (Å²) >= 11 is 0. The molecule has 0 fully saturated rings. The van der Waals surface area contributed by atoms with Crippen molar-refractivity contribution in [2.45, 2.75) is 13.3 Å². The van der Waals surface area contributed by atoms with Gasteiger partial charge in [-0.25, -0.2) is 4.79 Å². The Labute approximate surface area is 114 Å². The molecule has 0 saturated carbocycles. The summed E-state index contributed by atoms with van der Waals surface area (Å²) in [7, 11) is 0. The standard InChI is InChI=1S/C13H14F3NO3/c1-2-19-12(18)4-3-9-17-10-5-7-11(8-6-10)20-13(14,15)16/h3-8,17H,2,9H2,1H3/b4-3+. The number of halogens is 3. The van der Waals surface area contributed by atoms with Crippen LogP contribution < -0.4 is 10.1 Å². The Bertz CT molecular complexity index is 455. The van der Waals surface area contributed by atoms with E-state index in [9.17, 15) is 18.0 Å². The summed E-state index contributed by atoms with van der Waals surface area (Å²) in [6.07, 6.45) is -1.87. The summed E-state index contributed by atoms with van der Waals surface area (Å²) in [4.78, 5) is 11.0. The fourth-order valence-electron chi connectivity index (χ4n) is 1.30. The maximum absolute atomic E-state index is 11.9. The first-order valence-electron chi connectivity index (χ1n) is 5.83. The molecule has 0 aliphatic heterocycles. The van der Waals surface area contributed by atoms with Crippen LogP contribution in [-0.4, -0.2) is 25.5 Å². The molecular formula is C13H14F3NO3. The average molecular weight is 289 g/mol. The fourth-order valence-corrected chi connectivity index (χ4v) is 1.30. The van der Waals surface area contributed by atoms with Crippen molar-refractivity contribution in [3.8, 4) is 5.75 Å². The third kappa shape index (κ3) is 6.67. The van der Waals surface area contributed by atoms with Crippen LogP contribution in [0.5, 0.6) is 5.75 Å². The van der Waals surface area contributed by atoms with Gasteiger partial charge in [-0.1, -0.05) is 6.08 Å². The molecule has 1 aromatic rings. The van der Waals surface area contributed by atoms with E-state index in [1.165, 1.54) is 30.3 Å². The number of nitrogens with one attached hydrogen (secondary N) is 1. The van der Waals surface area contributed by atoms with E-state index < -0.39 is 12.3 Å². The fraction of sp³-hybridized carbons (Fsp3) is 0.308. The molecule has 0 unspecified atom stereocenters. The summed E-state index contributed by atoms with van der Waals surface area (Å²) in [6, 6.07) is 5.29. The highest BCUT2D eigenvalue weighted by atomic mass is 19.4. The molecule has 0 atom stereocenters. The van der Waals surface area contributed by atoms with Crippen LogP contribution in [0.4, 0.5) is 18.9 Å². The Morgan fingerprint density at radius 3 is 2.50 bits per heavy atom. The zero-order valence-electron chi connectivity index (χ0n) is 10.7. The van der Waals surface area contributed by atoms with Gasteiger partial charge in [-0.05, 0) is 31.2 Å². The molecule has 0 spiro atoms. The second kappa shape index (κ2) is 7.42. The molecule has 0 radical (unpaired) electrons. The molecule has 0 bridgehead atoms. The Morgan fingerprint density at radius 1 is 1.30 bits per heavy atom. The van der Waals surface area contributed by atoms with E-state index in [2.05, 4.69) is 14.8 Å². The van der Waals surface area contributed by atoms with Crippen LogP contribution in [0.25, 0.3) is 0 Å². The number of esters is 1. The number of carbonyl (C=O) groups is 1. The molecule has 0 saturated heterocycles. The summed E-state index contributed by atoms with van der Waals surface area (Å²) in [5.41, 5.74) is 0.605. The predicted octanol–water partition coefficient (Wildman–Crippen LogP) is 3.12. The van der Waals surface area contributed by atoms with Crippen molar-refractivity contribution in [2.75, 3.05) is 18.5 Å². The minimum atomic E-state index is -4.70. The molecule has 0 aliphatic rings. The van der Waals surface area contributed by atoms with Gasteiger partial charge in [0.1, 0.15) is 5.75 Å². The molecule has 0 aliphatic carbocycles. The van der Waals surface area contributed by atoms with Gasteiger partial charge in [0.25, 0.3) is 0 Å². The smallest absolute Gasteiger partial charge is 0.463 e. The Morgan fingerprint density at radius 2 is 1.95 bits per heavy atom. The molecule has 0 aromatic heterocycles. The third-order valence-corrected chi connectivity index (χ3v) is 2.05. The van der Waals surface area contributed by atoms with Crippen molar-refractivity contribution in [1.82, 2.24) is 0 Å². The first kappa shape index (κ1) is 15.9. The van der Waals surface area contributed by atoms with Gasteiger partial charge in [-0.3, -0.25) is 0 Å². The Kier molecular flexibility index (Phi) is 5.89. The van der Waals surface area contributed by atoms with Gasteiger partial charge >= 0.3 is 12.3 Å². The minimum absolute atomic E-state index is 0.287. The number of hydrogen-bond donors (Lipinski definition) is 1. The second-order valence-electron chi connectivity index (χ2n) is 3.61. The van der Waals surface area contributed by atoms with Crippen LogP contribution in [0, 0.1) is 0 Å². The number of anilines is 1. The lowest BCUT2D eigenvalue weighted by atomic mass is 10.3. The van der Waals surface area contributed by atoms with Crippen molar-refractivity contribution in [2.24, 2.45) is 0 Å². The van der Waals surface area contributed by atoms with E-state index in [1.54, 1.807) is 13.0 Å². The molecular weight excluding hydrogens is 275 g/mol. The number of benzene rings is 1. The predicted molar refractivity (Wildman–Crippen MR) is 67.4 cm³/mol. The van der Waals surface area contributed by atoms with Gasteiger partial charge in [-0.15, -0.1) is 13.2 Å². The SMILES string of the molecule is CCOC(=O)/C=C/CNc1ccc(OC(F)(F)F)cc1. The molecule has 0 amide bonds. The van der Waals surface area contributed by atoms with Crippen LogP contribution in [0.15, 0.2) is 36.4 Å². The summed E-state index contributed by atoms with van der Waals surface area (Å²) in [5, 5.41) is 2.90. The zero-order valence-corrected chi connectivity index (χ0v) is 10.7. The molecule has 7 heteroatoms. The third-order valence-electron chi connectivity index (χ3n) is 2.05. The van der Waals surface area contributed by atoms with Gasteiger partial charge in [0, 0.05) is 18.3 Å². The first-order chi connectivity index (χ1) is 9.40. The van der Waals surface area contributed by atoms with E-state index in [0.29, 0.717) is 18.8 Å². The number of ether oxygens (including phenoxy) is 2. The Hall–Kier alpha value is -2.18. The molecule has 0 heterocycles. The van der Waals surface area contributed by atoms with Crippen molar-refractivity contribution < 1.29 is 27.4 Å². The summed E-state index contributed by atoms with van der Waals surface area (Å²) in [6.45, 7) is 2.35. The lowest BCUT2D eigenvalue weighted by Crippen LogP contribution is -2.17. The van der Waals surface area contributed by atoms with Gasteiger partial charge in [0.15, 0.2) is 0 Å². The van der Waals surface area contributed by atoms with E-state index in [0.717, 1.165) is 0 Å². The van der Waals surface area contributed by atoms with Gasteiger partial charge in [0.2, 0.25) is 0 Å². The first-order valence-corrected chi connectivity index (χ1v) is 5.83. The minimum Gasteiger partial charge on any atom is -0.463 e. The normalized spacial score (nSPS) is 11.4. The van der Waals surface area contributed by atoms with Gasteiger partial charge in [0.05, 0.1) is 6.61 Å². The largest absolute Gasteiger partial charge is 0.573 e. The van der Waals surface area contributed by atoms with Gasteiger partial charge in [-0.2, -0.15) is 0 Å². The quantitative estimate of drug-likeness (QED) is 0.645. The highest BCUT2D eigenvalue weighted by Gasteiger charge is 2.30. The summed E-state index contributed by atoms with van der Waals surface area (Å²) < 4.78 is 44.2. The highest BCUT2D eigenvalue weighted by Crippen LogP contribution is 2.23. The number of alkyl halides is 3. The lowest BCUT2D eigenvalue weighted by Gasteiger charge is -2.09. The van der Waals surface area contributed by atoms with Crippen LogP contribution >= 0.6 is 0 Å². The molecule has 1 rings (SSSR count). The molecule has 110 valence electrons. The van der Waals surface area contributed by atoms with E-state index in [-0.39, 0.29) is 5.75 Å². The molecule has 1 N–H and O–H groups in total. The van der Waals surface area contributed by atoms with Crippen molar-refractivity contribution >= 4 is 11.7 Å². The highest BCUT2D eigenvalue weighted by molar-refractivity contribution is 5.81. The average Bonchev–Trinajstić information content (AvgIpc) is 2.35. The van der Waals surface area contributed by atoms with Crippen molar-refractivity contribution in [3.63, 3.8) is 0 Å². The topological polar surface area (TPSA) is 47.6 Å². The summed E-state index contributed by atoms with van der Waals surface area (Å²) in [5.74, 6) is -0.728. The number of rotatable bonds is 6. The maximum Gasteiger partial charge on any atom is 0.573 e. The van der Waals surface area contributed by atoms with Crippen LogP contribution in [0.1, 0.15) is 6.92 Å². The van der Waals surface area contributed by atoms with Crippen molar-refractivity contribution in [1.29, 1.82) is 0 Å².